The quantitative estimate of drug-likeness (QED) is 0.718. The second kappa shape index (κ2) is 10.6. The number of hydrogen-bond donors (Lipinski definition) is 1. The van der Waals surface area contributed by atoms with Crippen LogP contribution in [0, 0.1) is 11.7 Å². The van der Waals surface area contributed by atoms with Gasteiger partial charge in [-0.25, -0.2) is 4.39 Å². The van der Waals surface area contributed by atoms with Crippen molar-refractivity contribution in [2.75, 3.05) is 13.1 Å². The third-order valence-corrected chi connectivity index (χ3v) is 4.60. The van der Waals surface area contributed by atoms with Crippen LogP contribution in [0.1, 0.15) is 31.9 Å². The SMILES string of the molecule is CC(C)CNC(=O)[C@H](C)N(CCc1ccccc1)C(=O)Cc1ccc(F)cc1. The summed E-state index contributed by atoms with van der Waals surface area (Å²) in [6.45, 7) is 6.82. The summed E-state index contributed by atoms with van der Waals surface area (Å²) in [5.74, 6) is -0.300. The largest absolute Gasteiger partial charge is 0.354 e. The van der Waals surface area contributed by atoms with E-state index in [1.807, 2.05) is 44.2 Å². The molecule has 0 saturated heterocycles. The lowest BCUT2D eigenvalue weighted by Gasteiger charge is -2.29. The molecule has 2 aromatic rings. The Morgan fingerprint density at radius 3 is 2.21 bits per heavy atom. The summed E-state index contributed by atoms with van der Waals surface area (Å²) >= 11 is 0. The molecule has 4 nitrogen and oxygen atoms in total. The van der Waals surface area contributed by atoms with Crippen molar-refractivity contribution >= 4 is 11.8 Å². The Kier molecular flexibility index (Phi) is 8.18. The number of nitrogens with one attached hydrogen (secondary N) is 1. The molecule has 1 N–H and O–H groups in total. The molecule has 0 saturated carbocycles. The molecule has 150 valence electrons. The number of nitrogens with zero attached hydrogens (tertiary/aromatic N) is 1. The van der Waals surface area contributed by atoms with Crippen LogP contribution in [-0.4, -0.2) is 35.8 Å². The van der Waals surface area contributed by atoms with Gasteiger partial charge in [0.2, 0.25) is 11.8 Å². The van der Waals surface area contributed by atoms with E-state index in [1.165, 1.54) is 12.1 Å². The third kappa shape index (κ3) is 6.80. The van der Waals surface area contributed by atoms with Crippen molar-refractivity contribution in [3.63, 3.8) is 0 Å². The van der Waals surface area contributed by atoms with Crippen LogP contribution in [0.25, 0.3) is 0 Å². The van der Waals surface area contributed by atoms with Crippen LogP contribution in [0.15, 0.2) is 54.6 Å². The number of carbonyl (C=O) groups excluding carboxylic acids is 2. The minimum absolute atomic E-state index is 0.136. The molecular weight excluding hydrogens is 355 g/mol. The first-order valence-electron chi connectivity index (χ1n) is 9.72. The molecule has 0 fully saturated rings. The molecule has 1 atom stereocenters. The summed E-state index contributed by atoms with van der Waals surface area (Å²) in [7, 11) is 0. The lowest BCUT2D eigenvalue weighted by atomic mass is 10.1. The molecule has 28 heavy (non-hydrogen) atoms. The zero-order valence-electron chi connectivity index (χ0n) is 16.8. The molecule has 0 spiro atoms. The van der Waals surface area contributed by atoms with Gasteiger partial charge in [-0.2, -0.15) is 0 Å². The van der Waals surface area contributed by atoms with Crippen LogP contribution in [-0.2, 0) is 22.4 Å². The van der Waals surface area contributed by atoms with Crippen molar-refractivity contribution in [2.45, 2.75) is 39.7 Å². The minimum atomic E-state index is -0.574. The number of carbonyl (C=O) groups is 2. The predicted molar refractivity (Wildman–Crippen MR) is 109 cm³/mol. The fraction of sp³-hybridized carbons (Fsp3) is 0.391. The van der Waals surface area contributed by atoms with E-state index in [1.54, 1.807) is 24.0 Å². The van der Waals surface area contributed by atoms with Gasteiger partial charge in [0, 0.05) is 13.1 Å². The number of rotatable bonds is 9. The van der Waals surface area contributed by atoms with Gasteiger partial charge in [0.05, 0.1) is 6.42 Å². The fourth-order valence-electron chi connectivity index (χ4n) is 2.90. The number of hydrogen-bond acceptors (Lipinski definition) is 2. The van der Waals surface area contributed by atoms with E-state index < -0.39 is 6.04 Å². The second-order valence-corrected chi connectivity index (χ2v) is 7.44. The Morgan fingerprint density at radius 1 is 0.964 bits per heavy atom. The Morgan fingerprint density at radius 2 is 1.61 bits per heavy atom. The highest BCUT2D eigenvalue weighted by Crippen LogP contribution is 2.11. The van der Waals surface area contributed by atoms with Gasteiger partial charge in [-0.15, -0.1) is 0 Å². The van der Waals surface area contributed by atoms with Crippen molar-refractivity contribution in [3.05, 3.63) is 71.5 Å². The van der Waals surface area contributed by atoms with Crippen LogP contribution in [0.3, 0.4) is 0 Å². The number of halogens is 1. The molecular formula is C23H29FN2O2. The highest BCUT2D eigenvalue weighted by atomic mass is 19.1. The average molecular weight is 384 g/mol. The van der Waals surface area contributed by atoms with Gasteiger partial charge in [-0.1, -0.05) is 56.3 Å². The molecule has 2 rings (SSSR count). The Balaban J connectivity index is 2.10. The normalized spacial score (nSPS) is 11.9. The maximum atomic E-state index is 13.1. The lowest BCUT2D eigenvalue weighted by molar-refractivity contribution is -0.139. The van der Waals surface area contributed by atoms with Gasteiger partial charge in [-0.3, -0.25) is 9.59 Å². The van der Waals surface area contributed by atoms with Crippen LogP contribution in [0.2, 0.25) is 0 Å². The summed E-state index contributed by atoms with van der Waals surface area (Å²) in [5.41, 5.74) is 1.84. The first kappa shape index (κ1) is 21.6. The van der Waals surface area contributed by atoms with Crippen molar-refractivity contribution in [3.8, 4) is 0 Å². The van der Waals surface area contributed by atoms with E-state index in [2.05, 4.69) is 5.32 Å². The van der Waals surface area contributed by atoms with Crippen LogP contribution in [0.5, 0.6) is 0 Å². The predicted octanol–water partition coefficient (Wildman–Crippen LogP) is 3.60. The van der Waals surface area contributed by atoms with Gasteiger partial charge in [0.15, 0.2) is 0 Å². The summed E-state index contributed by atoms with van der Waals surface area (Å²) in [5, 5.41) is 2.90. The second-order valence-electron chi connectivity index (χ2n) is 7.44. The first-order valence-corrected chi connectivity index (χ1v) is 9.72. The molecule has 0 heterocycles. The molecule has 2 aromatic carbocycles. The van der Waals surface area contributed by atoms with E-state index in [9.17, 15) is 14.0 Å². The van der Waals surface area contributed by atoms with Crippen LogP contribution >= 0.6 is 0 Å². The smallest absolute Gasteiger partial charge is 0.242 e. The third-order valence-electron chi connectivity index (χ3n) is 4.60. The van der Waals surface area contributed by atoms with Gasteiger partial charge in [-0.05, 0) is 42.5 Å². The summed E-state index contributed by atoms with van der Waals surface area (Å²) in [6, 6.07) is 15.2. The van der Waals surface area contributed by atoms with Crippen molar-refractivity contribution in [1.29, 1.82) is 0 Å². The Bertz CT molecular complexity index is 760. The molecule has 5 heteroatoms. The highest BCUT2D eigenvalue weighted by Gasteiger charge is 2.25. The van der Waals surface area contributed by atoms with E-state index >= 15 is 0 Å². The molecule has 0 radical (unpaired) electrons. The fourth-order valence-corrected chi connectivity index (χ4v) is 2.90. The topological polar surface area (TPSA) is 49.4 Å². The van der Waals surface area contributed by atoms with Gasteiger partial charge >= 0.3 is 0 Å². The summed E-state index contributed by atoms with van der Waals surface area (Å²) in [4.78, 5) is 27.1. The van der Waals surface area contributed by atoms with Gasteiger partial charge < -0.3 is 10.2 Å². The summed E-state index contributed by atoms with van der Waals surface area (Å²) in [6.07, 6.45) is 0.800. The maximum absolute atomic E-state index is 13.1. The van der Waals surface area contributed by atoms with E-state index in [0.29, 0.717) is 25.4 Å². The van der Waals surface area contributed by atoms with Crippen LogP contribution in [0.4, 0.5) is 4.39 Å². The maximum Gasteiger partial charge on any atom is 0.242 e. The van der Waals surface area contributed by atoms with Gasteiger partial charge in [0.25, 0.3) is 0 Å². The first-order chi connectivity index (χ1) is 13.4. The molecule has 0 unspecified atom stereocenters. The Labute approximate surface area is 166 Å². The van der Waals surface area contributed by atoms with E-state index in [-0.39, 0.29) is 24.1 Å². The standard InChI is InChI=1S/C23H29FN2O2/c1-17(2)16-25-23(28)18(3)26(14-13-19-7-5-4-6-8-19)22(27)15-20-9-11-21(24)12-10-20/h4-12,17-18H,13-16H2,1-3H3,(H,25,28)/t18-/m0/s1. The zero-order chi connectivity index (χ0) is 20.5. The monoisotopic (exact) mass is 384 g/mol. The molecule has 0 aromatic heterocycles. The number of benzene rings is 2. The minimum Gasteiger partial charge on any atom is -0.354 e. The molecule has 0 aliphatic heterocycles. The van der Waals surface area contributed by atoms with Crippen molar-refractivity contribution in [1.82, 2.24) is 10.2 Å². The van der Waals surface area contributed by atoms with Crippen molar-refractivity contribution in [2.24, 2.45) is 5.92 Å². The van der Waals surface area contributed by atoms with Crippen molar-refractivity contribution < 1.29 is 14.0 Å². The van der Waals surface area contributed by atoms with Crippen LogP contribution < -0.4 is 5.32 Å². The molecule has 0 bridgehead atoms. The Hall–Kier alpha value is -2.69. The molecule has 0 aliphatic carbocycles. The highest BCUT2D eigenvalue weighted by molar-refractivity contribution is 5.88. The van der Waals surface area contributed by atoms with Gasteiger partial charge in [0.1, 0.15) is 11.9 Å². The number of amides is 2. The van der Waals surface area contributed by atoms with E-state index in [0.717, 1.165) is 11.1 Å². The molecule has 0 aliphatic rings. The van der Waals surface area contributed by atoms with E-state index in [4.69, 9.17) is 0 Å². The average Bonchev–Trinajstić information content (AvgIpc) is 2.68. The summed E-state index contributed by atoms with van der Waals surface area (Å²) < 4.78 is 13.1. The lowest BCUT2D eigenvalue weighted by Crippen LogP contribution is -2.49. The molecule has 2 amide bonds. The zero-order valence-corrected chi connectivity index (χ0v) is 16.8.